The minimum Gasteiger partial charge on any atom is -0.384 e. The summed E-state index contributed by atoms with van der Waals surface area (Å²) in [6.07, 6.45) is 0. The zero-order valence-corrected chi connectivity index (χ0v) is 10.8. The molecular formula is C14H13N3S. The van der Waals surface area contributed by atoms with Crippen LogP contribution in [0.15, 0.2) is 47.8 Å². The second-order valence-electron chi connectivity index (χ2n) is 4.18. The van der Waals surface area contributed by atoms with E-state index >= 15 is 0 Å². The maximum atomic E-state index is 6.03. The maximum Gasteiger partial charge on any atom is 0.127 e. The molecule has 2 aromatic heterocycles. The number of nitrogens with zero attached hydrogens (tertiary/aromatic N) is 2. The summed E-state index contributed by atoms with van der Waals surface area (Å²) < 4.78 is 1.78. The summed E-state index contributed by atoms with van der Waals surface area (Å²) >= 11 is 1.67. The third-order valence-corrected chi connectivity index (χ3v) is 3.65. The largest absolute Gasteiger partial charge is 0.384 e. The standard InChI is InChI=1S/C14H13N3S/c1-10-4-2-5-11(8-10)17-14(15)9-12(16-17)13-6-3-7-18-13/h2-9H,15H2,1H3. The van der Waals surface area contributed by atoms with E-state index in [-0.39, 0.29) is 0 Å². The summed E-state index contributed by atoms with van der Waals surface area (Å²) in [5, 5.41) is 6.60. The van der Waals surface area contributed by atoms with Gasteiger partial charge in [0.05, 0.1) is 10.6 Å². The predicted octanol–water partition coefficient (Wildman–Crippen LogP) is 3.49. The number of benzene rings is 1. The Labute approximate surface area is 109 Å². The Morgan fingerprint density at radius 1 is 1.17 bits per heavy atom. The van der Waals surface area contributed by atoms with Crippen molar-refractivity contribution in [1.29, 1.82) is 0 Å². The molecule has 0 aliphatic carbocycles. The minimum absolute atomic E-state index is 0.656. The van der Waals surface area contributed by atoms with Gasteiger partial charge in [-0.15, -0.1) is 11.3 Å². The molecule has 3 aromatic rings. The minimum atomic E-state index is 0.656. The Morgan fingerprint density at radius 2 is 2.06 bits per heavy atom. The summed E-state index contributed by atoms with van der Waals surface area (Å²) in [7, 11) is 0. The van der Waals surface area contributed by atoms with Gasteiger partial charge >= 0.3 is 0 Å². The van der Waals surface area contributed by atoms with E-state index in [0.717, 1.165) is 16.3 Å². The molecule has 0 spiro atoms. The predicted molar refractivity (Wildman–Crippen MR) is 76.0 cm³/mol. The third kappa shape index (κ3) is 1.91. The van der Waals surface area contributed by atoms with Crippen molar-refractivity contribution in [1.82, 2.24) is 9.78 Å². The molecule has 4 heteroatoms. The van der Waals surface area contributed by atoms with Gasteiger partial charge in [-0.1, -0.05) is 18.2 Å². The number of nitrogens with two attached hydrogens (primary N) is 1. The Morgan fingerprint density at radius 3 is 2.78 bits per heavy atom. The molecule has 18 heavy (non-hydrogen) atoms. The molecule has 0 aliphatic rings. The zero-order valence-electron chi connectivity index (χ0n) is 10.00. The van der Waals surface area contributed by atoms with Gasteiger partial charge in [0, 0.05) is 6.07 Å². The normalized spacial score (nSPS) is 10.7. The van der Waals surface area contributed by atoms with Gasteiger partial charge in [0.2, 0.25) is 0 Å². The van der Waals surface area contributed by atoms with Crippen LogP contribution in [-0.2, 0) is 0 Å². The summed E-state index contributed by atoms with van der Waals surface area (Å²) in [5.41, 5.74) is 9.15. The second-order valence-corrected chi connectivity index (χ2v) is 5.13. The Kier molecular flexibility index (Phi) is 2.64. The molecule has 0 unspecified atom stereocenters. The van der Waals surface area contributed by atoms with Crippen molar-refractivity contribution in [3.8, 4) is 16.3 Å². The highest BCUT2D eigenvalue weighted by Gasteiger charge is 2.09. The van der Waals surface area contributed by atoms with Crippen molar-refractivity contribution >= 4 is 17.2 Å². The second kappa shape index (κ2) is 4.31. The van der Waals surface area contributed by atoms with Crippen LogP contribution in [0, 0.1) is 6.92 Å². The van der Waals surface area contributed by atoms with Crippen molar-refractivity contribution < 1.29 is 0 Å². The van der Waals surface area contributed by atoms with E-state index in [1.165, 1.54) is 5.56 Å². The summed E-state index contributed by atoms with van der Waals surface area (Å²) in [6.45, 7) is 2.06. The molecular weight excluding hydrogens is 242 g/mol. The van der Waals surface area contributed by atoms with Gasteiger partial charge in [0.25, 0.3) is 0 Å². The lowest BCUT2D eigenvalue weighted by atomic mass is 10.2. The number of rotatable bonds is 2. The number of thiophene rings is 1. The number of anilines is 1. The van der Waals surface area contributed by atoms with Gasteiger partial charge in [-0.05, 0) is 36.1 Å². The Hall–Kier alpha value is -2.07. The molecule has 0 bridgehead atoms. The Balaban J connectivity index is 2.09. The average molecular weight is 255 g/mol. The number of hydrogen-bond acceptors (Lipinski definition) is 3. The molecule has 2 N–H and O–H groups in total. The maximum absolute atomic E-state index is 6.03. The first-order valence-electron chi connectivity index (χ1n) is 5.70. The highest BCUT2D eigenvalue weighted by molar-refractivity contribution is 7.13. The van der Waals surface area contributed by atoms with E-state index < -0.39 is 0 Å². The number of aromatic nitrogens is 2. The first-order chi connectivity index (χ1) is 8.74. The van der Waals surface area contributed by atoms with Crippen LogP contribution < -0.4 is 5.73 Å². The molecule has 0 radical (unpaired) electrons. The first-order valence-corrected chi connectivity index (χ1v) is 6.58. The van der Waals surface area contributed by atoms with Crippen LogP contribution in [-0.4, -0.2) is 9.78 Å². The molecule has 0 atom stereocenters. The summed E-state index contributed by atoms with van der Waals surface area (Å²) in [5.74, 6) is 0.656. The summed E-state index contributed by atoms with van der Waals surface area (Å²) in [4.78, 5) is 1.13. The van der Waals surface area contributed by atoms with E-state index in [1.54, 1.807) is 16.0 Å². The van der Waals surface area contributed by atoms with Crippen molar-refractivity contribution in [3.05, 3.63) is 53.4 Å². The van der Waals surface area contributed by atoms with Crippen LogP contribution >= 0.6 is 11.3 Å². The molecule has 1 aromatic carbocycles. The number of hydrogen-bond donors (Lipinski definition) is 1. The number of nitrogen functional groups attached to an aromatic ring is 1. The van der Waals surface area contributed by atoms with Crippen LogP contribution in [0.25, 0.3) is 16.3 Å². The van der Waals surface area contributed by atoms with Crippen molar-refractivity contribution in [2.45, 2.75) is 6.92 Å². The molecule has 0 saturated carbocycles. The van der Waals surface area contributed by atoms with E-state index in [0.29, 0.717) is 5.82 Å². The zero-order chi connectivity index (χ0) is 12.5. The molecule has 2 heterocycles. The van der Waals surface area contributed by atoms with Crippen LogP contribution in [0.2, 0.25) is 0 Å². The van der Waals surface area contributed by atoms with E-state index in [1.807, 2.05) is 35.7 Å². The smallest absolute Gasteiger partial charge is 0.127 e. The number of aryl methyl sites for hydroxylation is 1. The van der Waals surface area contributed by atoms with Crippen LogP contribution in [0.3, 0.4) is 0 Å². The molecule has 90 valence electrons. The SMILES string of the molecule is Cc1cccc(-n2nc(-c3cccs3)cc2N)c1. The van der Waals surface area contributed by atoms with Crippen LogP contribution in [0.4, 0.5) is 5.82 Å². The molecule has 0 aliphatic heterocycles. The van der Waals surface area contributed by atoms with Gasteiger partial charge < -0.3 is 5.73 Å². The van der Waals surface area contributed by atoms with Gasteiger partial charge in [-0.25, -0.2) is 4.68 Å². The topological polar surface area (TPSA) is 43.8 Å². The molecule has 0 fully saturated rings. The lowest BCUT2D eigenvalue weighted by Gasteiger charge is -2.04. The van der Waals surface area contributed by atoms with Gasteiger partial charge in [-0.3, -0.25) is 0 Å². The van der Waals surface area contributed by atoms with E-state index in [4.69, 9.17) is 5.73 Å². The highest BCUT2D eigenvalue weighted by Crippen LogP contribution is 2.26. The molecule has 3 nitrogen and oxygen atoms in total. The third-order valence-electron chi connectivity index (χ3n) is 2.76. The molecule has 0 amide bonds. The fraction of sp³-hybridized carbons (Fsp3) is 0.0714. The van der Waals surface area contributed by atoms with Crippen molar-refractivity contribution in [3.63, 3.8) is 0 Å². The van der Waals surface area contributed by atoms with E-state index in [2.05, 4.69) is 24.2 Å². The van der Waals surface area contributed by atoms with Crippen molar-refractivity contribution in [2.24, 2.45) is 0 Å². The lowest BCUT2D eigenvalue weighted by Crippen LogP contribution is -2.01. The van der Waals surface area contributed by atoms with Gasteiger partial charge in [0.1, 0.15) is 11.5 Å². The monoisotopic (exact) mass is 255 g/mol. The molecule has 0 saturated heterocycles. The fourth-order valence-corrected chi connectivity index (χ4v) is 2.59. The van der Waals surface area contributed by atoms with Crippen LogP contribution in [0.5, 0.6) is 0 Å². The molecule has 3 rings (SSSR count). The van der Waals surface area contributed by atoms with Crippen molar-refractivity contribution in [2.75, 3.05) is 5.73 Å². The summed E-state index contributed by atoms with van der Waals surface area (Å²) in [6, 6.07) is 14.1. The quantitative estimate of drug-likeness (QED) is 0.761. The first kappa shape index (κ1) is 11.0. The Bertz CT molecular complexity index is 668. The highest BCUT2D eigenvalue weighted by atomic mass is 32.1. The van der Waals surface area contributed by atoms with E-state index in [9.17, 15) is 0 Å². The van der Waals surface area contributed by atoms with Crippen LogP contribution in [0.1, 0.15) is 5.56 Å². The van der Waals surface area contributed by atoms with Gasteiger partial charge in [0.15, 0.2) is 0 Å². The lowest BCUT2D eigenvalue weighted by molar-refractivity contribution is 0.894. The average Bonchev–Trinajstić information content (AvgIpc) is 2.97. The van der Waals surface area contributed by atoms with Gasteiger partial charge in [-0.2, -0.15) is 5.10 Å². The fourth-order valence-electron chi connectivity index (χ4n) is 1.91.